The van der Waals surface area contributed by atoms with Crippen molar-refractivity contribution in [1.29, 1.82) is 0 Å². The van der Waals surface area contributed by atoms with Crippen LogP contribution in [0.3, 0.4) is 0 Å². The van der Waals surface area contributed by atoms with E-state index in [1.54, 1.807) is 0 Å². The number of carboxylic acids is 2. The number of carboxylic acid groups (broad SMARTS) is 2. The largest absolute Gasteiger partial charge is 0.481 e. The summed E-state index contributed by atoms with van der Waals surface area (Å²) in [6.07, 6.45) is 4.55. The molecule has 0 rings (SSSR count). The van der Waals surface area contributed by atoms with E-state index < -0.39 is 11.9 Å². The normalized spacial score (nSPS) is 10.8. The van der Waals surface area contributed by atoms with Gasteiger partial charge in [0.05, 0.1) is 5.92 Å². The quantitative estimate of drug-likeness (QED) is 0.669. The zero-order valence-electron chi connectivity index (χ0n) is 9.40. The average molecular weight is 216 g/mol. The van der Waals surface area contributed by atoms with Crippen LogP contribution in [0.4, 0.5) is 0 Å². The van der Waals surface area contributed by atoms with Crippen LogP contribution in [0.5, 0.6) is 0 Å². The van der Waals surface area contributed by atoms with Crippen LogP contribution in [0.15, 0.2) is 12.7 Å². The smallest absolute Gasteiger partial charge is 0.327 e. The Labute approximate surface area is 90.6 Å². The van der Waals surface area contributed by atoms with E-state index in [0.717, 1.165) is 31.8 Å². The summed E-state index contributed by atoms with van der Waals surface area (Å²) in [5.41, 5.74) is 0. The molecule has 0 aliphatic rings. The summed E-state index contributed by atoms with van der Waals surface area (Å²) in [6.45, 7) is 6.96. The zero-order chi connectivity index (χ0) is 12.3. The lowest BCUT2D eigenvalue weighted by molar-refractivity contribution is -0.142. The zero-order valence-corrected chi connectivity index (χ0v) is 9.40. The monoisotopic (exact) mass is 216 g/mol. The van der Waals surface area contributed by atoms with Gasteiger partial charge in [-0.2, -0.15) is 0 Å². The molecule has 0 spiro atoms. The number of hydrogen-bond acceptors (Lipinski definition) is 2. The van der Waals surface area contributed by atoms with Gasteiger partial charge in [0.1, 0.15) is 0 Å². The third-order valence-corrected chi connectivity index (χ3v) is 1.92. The standard InChI is InChI=1S/C8H16O2.C3H4O2/c1-3-5-6-7(4-2)8(9)10;1-2-3(4)5/h7H,3-6H2,1-2H3,(H,9,10);2H,1H2,(H,4,5). The highest BCUT2D eigenvalue weighted by Crippen LogP contribution is 2.11. The van der Waals surface area contributed by atoms with Crippen LogP contribution in [0.1, 0.15) is 39.5 Å². The minimum absolute atomic E-state index is 0.111. The minimum Gasteiger partial charge on any atom is -0.481 e. The van der Waals surface area contributed by atoms with E-state index in [2.05, 4.69) is 13.5 Å². The molecule has 0 saturated heterocycles. The van der Waals surface area contributed by atoms with Crippen LogP contribution < -0.4 is 0 Å². The maximum Gasteiger partial charge on any atom is 0.327 e. The summed E-state index contributed by atoms with van der Waals surface area (Å²) in [6, 6.07) is 0. The first-order valence-corrected chi connectivity index (χ1v) is 5.07. The van der Waals surface area contributed by atoms with Gasteiger partial charge in [0, 0.05) is 6.08 Å². The van der Waals surface area contributed by atoms with Crippen molar-refractivity contribution in [2.75, 3.05) is 0 Å². The lowest BCUT2D eigenvalue weighted by Crippen LogP contribution is -2.11. The van der Waals surface area contributed by atoms with Crippen molar-refractivity contribution in [3.8, 4) is 0 Å². The fraction of sp³-hybridized carbons (Fsp3) is 0.636. The van der Waals surface area contributed by atoms with E-state index in [4.69, 9.17) is 10.2 Å². The summed E-state index contributed by atoms with van der Waals surface area (Å²) in [7, 11) is 0. The second-order valence-electron chi connectivity index (χ2n) is 3.13. The molecule has 1 atom stereocenters. The van der Waals surface area contributed by atoms with Crippen molar-refractivity contribution < 1.29 is 19.8 Å². The molecule has 0 amide bonds. The van der Waals surface area contributed by atoms with Crippen molar-refractivity contribution in [3.63, 3.8) is 0 Å². The van der Waals surface area contributed by atoms with Gasteiger partial charge in [-0.05, 0) is 12.8 Å². The van der Waals surface area contributed by atoms with E-state index in [1.807, 2.05) is 6.92 Å². The molecular formula is C11H20O4. The Kier molecular flexibility index (Phi) is 11.6. The molecule has 4 heteroatoms. The van der Waals surface area contributed by atoms with Gasteiger partial charge in [-0.15, -0.1) is 0 Å². The van der Waals surface area contributed by atoms with Crippen LogP contribution in [0, 0.1) is 5.92 Å². The lowest BCUT2D eigenvalue weighted by Gasteiger charge is -2.06. The number of aliphatic carboxylic acids is 2. The molecule has 88 valence electrons. The molecule has 0 bridgehead atoms. The molecule has 15 heavy (non-hydrogen) atoms. The third kappa shape index (κ3) is 12.7. The van der Waals surface area contributed by atoms with Crippen molar-refractivity contribution in [1.82, 2.24) is 0 Å². The molecule has 0 fully saturated rings. The Morgan fingerprint density at radius 3 is 2.00 bits per heavy atom. The predicted octanol–water partition coefficient (Wildman–Crippen LogP) is 2.54. The number of carbonyl (C=O) groups is 2. The minimum atomic E-state index is -0.981. The van der Waals surface area contributed by atoms with E-state index in [0.29, 0.717) is 0 Å². The van der Waals surface area contributed by atoms with Gasteiger partial charge >= 0.3 is 11.9 Å². The molecular weight excluding hydrogens is 196 g/mol. The molecule has 0 aliphatic heterocycles. The molecule has 0 aromatic heterocycles. The Bertz CT molecular complexity index is 199. The summed E-state index contributed by atoms with van der Waals surface area (Å²) in [5, 5.41) is 16.2. The highest BCUT2D eigenvalue weighted by Gasteiger charge is 2.12. The molecule has 2 N–H and O–H groups in total. The molecule has 1 unspecified atom stereocenters. The predicted molar refractivity (Wildman–Crippen MR) is 58.8 cm³/mol. The van der Waals surface area contributed by atoms with Gasteiger partial charge in [-0.1, -0.05) is 33.3 Å². The van der Waals surface area contributed by atoms with Gasteiger partial charge in [0.25, 0.3) is 0 Å². The number of unbranched alkanes of at least 4 members (excludes halogenated alkanes) is 1. The second-order valence-corrected chi connectivity index (χ2v) is 3.13. The van der Waals surface area contributed by atoms with Crippen LogP contribution in [-0.2, 0) is 9.59 Å². The molecule has 0 saturated carbocycles. The Morgan fingerprint density at radius 2 is 1.80 bits per heavy atom. The van der Waals surface area contributed by atoms with Crippen molar-refractivity contribution in [3.05, 3.63) is 12.7 Å². The molecule has 0 heterocycles. The fourth-order valence-electron chi connectivity index (χ4n) is 0.953. The Balaban J connectivity index is 0. The van der Waals surface area contributed by atoms with Crippen molar-refractivity contribution in [2.24, 2.45) is 5.92 Å². The average Bonchev–Trinajstić information content (AvgIpc) is 2.19. The van der Waals surface area contributed by atoms with Crippen molar-refractivity contribution in [2.45, 2.75) is 39.5 Å². The van der Waals surface area contributed by atoms with Gasteiger partial charge in [-0.25, -0.2) is 4.79 Å². The van der Waals surface area contributed by atoms with Crippen LogP contribution in [0.25, 0.3) is 0 Å². The number of rotatable bonds is 6. The topological polar surface area (TPSA) is 74.6 Å². The first kappa shape index (κ1) is 16.1. The van der Waals surface area contributed by atoms with E-state index in [9.17, 15) is 9.59 Å². The summed E-state index contributed by atoms with van der Waals surface area (Å²) in [4.78, 5) is 19.7. The first-order chi connectivity index (χ1) is 6.99. The highest BCUT2D eigenvalue weighted by atomic mass is 16.4. The van der Waals surface area contributed by atoms with Gasteiger partial charge < -0.3 is 10.2 Å². The van der Waals surface area contributed by atoms with Gasteiger partial charge in [0.15, 0.2) is 0 Å². The molecule has 0 aromatic rings. The fourth-order valence-corrected chi connectivity index (χ4v) is 0.953. The van der Waals surface area contributed by atoms with Crippen LogP contribution >= 0.6 is 0 Å². The molecule has 0 aliphatic carbocycles. The molecule has 0 radical (unpaired) electrons. The summed E-state index contributed by atoms with van der Waals surface area (Å²) >= 11 is 0. The Hall–Kier alpha value is -1.32. The SMILES string of the molecule is C=CC(=O)O.CCCCC(CC)C(=O)O. The first-order valence-electron chi connectivity index (χ1n) is 5.07. The molecule has 4 nitrogen and oxygen atoms in total. The second kappa shape index (κ2) is 10.8. The Morgan fingerprint density at radius 1 is 1.33 bits per heavy atom. The van der Waals surface area contributed by atoms with Crippen molar-refractivity contribution >= 4 is 11.9 Å². The molecule has 0 aromatic carbocycles. The summed E-state index contributed by atoms with van der Waals surface area (Å²) in [5.74, 6) is -1.74. The maximum atomic E-state index is 10.4. The highest BCUT2D eigenvalue weighted by molar-refractivity contribution is 5.78. The van der Waals surface area contributed by atoms with E-state index in [-0.39, 0.29) is 5.92 Å². The maximum absolute atomic E-state index is 10.4. The lowest BCUT2D eigenvalue weighted by atomic mass is 10.00. The third-order valence-electron chi connectivity index (χ3n) is 1.92. The van der Waals surface area contributed by atoms with Gasteiger partial charge in [0.2, 0.25) is 0 Å². The van der Waals surface area contributed by atoms with E-state index in [1.165, 1.54) is 0 Å². The number of hydrogen-bond donors (Lipinski definition) is 2. The van der Waals surface area contributed by atoms with Crippen LogP contribution in [0.2, 0.25) is 0 Å². The summed E-state index contributed by atoms with van der Waals surface area (Å²) < 4.78 is 0. The van der Waals surface area contributed by atoms with Gasteiger partial charge in [-0.3, -0.25) is 4.79 Å². The van der Waals surface area contributed by atoms with Crippen LogP contribution in [-0.4, -0.2) is 22.2 Å². The van der Waals surface area contributed by atoms with E-state index >= 15 is 0 Å².